The molecule has 0 spiro atoms. The number of halogens is 1. The Kier molecular flexibility index (Phi) is 7.19. The molecule has 7 heteroatoms. The van der Waals surface area contributed by atoms with E-state index in [1.165, 1.54) is 12.1 Å². The molecule has 2 aliphatic heterocycles. The van der Waals surface area contributed by atoms with E-state index < -0.39 is 0 Å². The number of anilines is 1. The van der Waals surface area contributed by atoms with Crippen molar-refractivity contribution in [2.45, 2.75) is 27.0 Å². The molecule has 0 bridgehead atoms. The van der Waals surface area contributed by atoms with Gasteiger partial charge in [0.25, 0.3) is 5.91 Å². The van der Waals surface area contributed by atoms with Gasteiger partial charge in [0.1, 0.15) is 18.2 Å². The number of hydrogen-bond donors (Lipinski definition) is 1. The molecule has 2 heterocycles. The topological polar surface area (TPSA) is 60.0 Å². The number of amides is 1. The Bertz CT molecular complexity index is 1010. The van der Waals surface area contributed by atoms with Crippen LogP contribution in [0.25, 0.3) is 11.3 Å². The van der Waals surface area contributed by atoms with E-state index in [0.717, 1.165) is 36.3 Å². The van der Waals surface area contributed by atoms with Gasteiger partial charge in [-0.15, -0.1) is 0 Å². The quantitative estimate of drug-likeness (QED) is 0.446. The highest BCUT2D eigenvalue weighted by atomic mass is 19.1. The van der Waals surface area contributed by atoms with Gasteiger partial charge < -0.3 is 19.5 Å². The molecule has 0 saturated heterocycles. The maximum atomic E-state index is 13.8. The van der Waals surface area contributed by atoms with Crippen LogP contribution in [0.3, 0.4) is 0 Å². The summed E-state index contributed by atoms with van der Waals surface area (Å²) in [6.45, 7) is 9.56. The van der Waals surface area contributed by atoms with Gasteiger partial charge >= 0.3 is 0 Å². The van der Waals surface area contributed by atoms with Crippen molar-refractivity contribution in [1.29, 1.82) is 0 Å². The number of carbonyl (C=O) groups is 1. The molecule has 32 heavy (non-hydrogen) atoms. The summed E-state index contributed by atoms with van der Waals surface area (Å²) in [5.41, 5.74) is 4.60. The van der Waals surface area contributed by atoms with E-state index in [9.17, 15) is 9.18 Å². The smallest absolute Gasteiger partial charge is 0.260 e. The molecule has 0 radical (unpaired) electrons. The highest BCUT2D eigenvalue weighted by molar-refractivity contribution is 6.36. The van der Waals surface area contributed by atoms with Crippen molar-refractivity contribution in [3.63, 3.8) is 0 Å². The van der Waals surface area contributed by atoms with Crippen LogP contribution in [0, 0.1) is 5.82 Å². The van der Waals surface area contributed by atoms with Crippen LogP contribution in [0.4, 0.5) is 10.1 Å². The normalized spacial score (nSPS) is 16.8. The van der Waals surface area contributed by atoms with E-state index in [2.05, 4.69) is 22.3 Å². The molecule has 2 aromatic carbocycles. The zero-order chi connectivity index (χ0) is 22.5. The first-order valence-electron chi connectivity index (χ1n) is 11.1. The number of nitrogens with one attached hydrogen (secondary N) is 1. The summed E-state index contributed by atoms with van der Waals surface area (Å²) >= 11 is 0. The number of nitrogens with zero attached hydrogens (tertiary/aromatic N) is 1. The summed E-state index contributed by atoms with van der Waals surface area (Å²) in [6.07, 6.45) is 0. The van der Waals surface area contributed by atoms with Gasteiger partial charge in [0.2, 0.25) is 0 Å². The molecule has 0 atom stereocenters. The van der Waals surface area contributed by atoms with Crippen molar-refractivity contribution in [2.75, 3.05) is 44.8 Å². The fourth-order valence-electron chi connectivity index (χ4n) is 4.09. The monoisotopic (exact) mass is 440 g/mol. The minimum absolute atomic E-state index is 0.268. The number of fused-ring (bicyclic) bond motifs is 2. The molecule has 6 nitrogen and oxygen atoms in total. The first kappa shape index (κ1) is 22.5. The fraction of sp³-hybridized carbons (Fsp3) is 0.400. The standard InChI is InChI=1S/C25H29FN2O4/c1-3-30-11-9-28(10-12-31-4-2)15-17-5-7-20-18(13-17)16-32-24(20)23-21-14-19(26)6-8-22(21)27-25(23)29/h5-8,13-14H,3-4,9-12,15-16H2,1-2H3,(H,27,29). The fourth-order valence-corrected chi connectivity index (χ4v) is 4.09. The lowest BCUT2D eigenvalue weighted by Crippen LogP contribution is -2.30. The average Bonchev–Trinajstić information content (AvgIpc) is 3.33. The third kappa shape index (κ3) is 4.85. The molecule has 4 rings (SSSR count). The average molecular weight is 441 g/mol. The van der Waals surface area contributed by atoms with E-state index in [-0.39, 0.29) is 11.7 Å². The zero-order valence-electron chi connectivity index (χ0n) is 18.6. The minimum Gasteiger partial charge on any atom is -0.487 e. The lowest BCUT2D eigenvalue weighted by Gasteiger charge is -2.22. The Morgan fingerprint density at radius 1 is 1.03 bits per heavy atom. The number of benzene rings is 2. The number of rotatable bonds is 10. The SMILES string of the molecule is CCOCCN(CCOCC)Cc1ccc2c(c1)COC2=C1C(=O)Nc2ccc(F)cc21. The molecular weight excluding hydrogens is 411 g/mol. The molecule has 1 N–H and O–H groups in total. The lowest BCUT2D eigenvalue weighted by molar-refractivity contribution is -0.110. The Balaban J connectivity index is 1.55. The molecule has 0 unspecified atom stereocenters. The Labute approximate surface area is 188 Å². The first-order chi connectivity index (χ1) is 15.6. The molecule has 0 fully saturated rings. The van der Waals surface area contributed by atoms with Gasteiger partial charge in [0, 0.05) is 55.2 Å². The van der Waals surface area contributed by atoms with E-state index in [1.807, 2.05) is 19.9 Å². The Morgan fingerprint density at radius 3 is 2.50 bits per heavy atom. The summed E-state index contributed by atoms with van der Waals surface area (Å²) < 4.78 is 30.8. The third-order valence-electron chi connectivity index (χ3n) is 5.66. The van der Waals surface area contributed by atoms with Crippen LogP contribution < -0.4 is 5.32 Å². The molecular formula is C25H29FN2O4. The van der Waals surface area contributed by atoms with Crippen LogP contribution in [-0.2, 0) is 32.2 Å². The van der Waals surface area contributed by atoms with Crippen LogP contribution in [-0.4, -0.2) is 50.3 Å². The number of ether oxygens (including phenoxy) is 3. The van der Waals surface area contributed by atoms with Crippen LogP contribution in [0.5, 0.6) is 0 Å². The van der Waals surface area contributed by atoms with Gasteiger partial charge in [-0.1, -0.05) is 18.2 Å². The van der Waals surface area contributed by atoms with E-state index in [1.54, 1.807) is 6.07 Å². The summed E-state index contributed by atoms with van der Waals surface area (Å²) in [7, 11) is 0. The highest BCUT2D eigenvalue weighted by Crippen LogP contribution is 2.42. The van der Waals surface area contributed by atoms with Crippen LogP contribution in [0.15, 0.2) is 36.4 Å². The van der Waals surface area contributed by atoms with Crippen LogP contribution in [0.2, 0.25) is 0 Å². The van der Waals surface area contributed by atoms with Gasteiger partial charge in [-0.25, -0.2) is 4.39 Å². The second kappa shape index (κ2) is 10.3. The van der Waals surface area contributed by atoms with E-state index >= 15 is 0 Å². The highest BCUT2D eigenvalue weighted by Gasteiger charge is 2.32. The van der Waals surface area contributed by atoms with Crippen molar-refractivity contribution in [1.82, 2.24) is 4.90 Å². The molecule has 2 aliphatic rings. The maximum Gasteiger partial charge on any atom is 0.260 e. The largest absolute Gasteiger partial charge is 0.487 e. The molecule has 1 amide bonds. The Hall–Kier alpha value is -2.74. The minimum atomic E-state index is -0.383. The van der Waals surface area contributed by atoms with Crippen molar-refractivity contribution in [2.24, 2.45) is 0 Å². The maximum absolute atomic E-state index is 13.8. The molecule has 0 aromatic heterocycles. The number of hydrogen-bond acceptors (Lipinski definition) is 5. The van der Waals surface area contributed by atoms with Gasteiger partial charge in [0.15, 0.2) is 0 Å². The van der Waals surface area contributed by atoms with Gasteiger partial charge in [0.05, 0.1) is 18.8 Å². The summed E-state index contributed by atoms with van der Waals surface area (Å²) in [4.78, 5) is 14.9. The first-order valence-corrected chi connectivity index (χ1v) is 11.1. The van der Waals surface area contributed by atoms with Crippen molar-refractivity contribution in [3.05, 3.63) is 64.5 Å². The summed E-state index contributed by atoms with van der Waals surface area (Å²) in [6, 6.07) is 10.5. The Morgan fingerprint density at radius 2 is 1.78 bits per heavy atom. The molecule has 0 aliphatic carbocycles. The summed E-state index contributed by atoms with van der Waals surface area (Å²) in [5, 5.41) is 2.79. The lowest BCUT2D eigenvalue weighted by atomic mass is 9.99. The van der Waals surface area contributed by atoms with E-state index in [4.69, 9.17) is 14.2 Å². The van der Waals surface area contributed by atoms with Gasteiger partial charge in [-0.2, -0.15) is 0 Å². The number of carbonyl (C=O) groups excluding carboxylic acids is 1. The molecule has 0 saturated carbocycles. The second-order valence-electron chi connectivity index (χ2n) is 7.80. The van der Waals surface area contributed by atoms with Crippen molar-refractivity contribution < 1.29 is 23.4 Å². The third-order valence-corrected chi connectivity index (χ3v) is 5.66. The predicted octanol–water partition coefficient (Wildman–Crippen LogP) is 4.05. The van der Waals surface area contributed by atoms with Crippen LogP contribution >= 0.6 is 0 Å². The van der Waals surface area contributed by atoms with Gasteiger partial charge in [-0.3, -0.25) is 9.69 Å². The summed E-state index contributed by atoms with van der Waals surface area (Å²) in [5.74, 6) is -0.139. The molecule has 2 aromatic rings. The van der Waals surface area contributed by atoms with Crippen molar-refractivity contribution in [3.8, 4) is 0 Å². The van der Waals surface area contributed by atoms with E-state index in [0.29, 0.717) is 55.6 Å². The molecule has 170 valence electrons. The predicted molar refractivity (Wildman–Crippen MR) is 121 cm³/mol. The zero-order valence-corrected chi connectivity index (χ0v) is 18.6. The van der Waals surface area contributed by atoms with Crippen LogP contribution in [0.1, 0.15) is 36.1 Å². The second-order valence-corrected chi connectivity index (χ2v) is 7.80. The van der Waals surface area contributed by atoms with Crippen molar-refractivity contribution >= 4 is 22.9 Å². The van der Waals surface area contributed by atoms with Gasteiger partial charge in [-0.05, 0) is 37.6 Å².